The Kier molecular flexibility index (Phi) is 3.70. The lowest BCUT2D eigenvalue weighted by Crippen LogP contribution is -2.22. The van der Waals surface area contributed by atoms with Crippen molar-refractivity contribution in [2.24, 2.45) is 0 Å². The molecule has 0 spiro atoms. The third-order valence-electron chi connectivity index (χ3n) is 3.76. The molecule has 24 heavy (non-hydrogen) atoms. The Morgan fingerprint density at radius 1 is 1.25 bits per heavy atom. The maximum Gasteiger partial charge on any atom is 0.244 e. The van der Waals surface area contributed by atoms with Gasteiger partial charge in [-0.25, -0.2) is 9.97 Å². The summed E-state index contributed by atoms with van der Waals surface area (Å²) in [5.41, 5.74) is 1.47. The van der Waals surface area contributed by atoms with Crippen LogP contribution in [0.1, 0.15) is 18.4 Å². The molecule has 4 rings (SSSR count). The lowest BCUT2D eigenvalue weighted by Gasteiger charge is -2.05. The summed E-state index contributed by atoms with van der Waals surface area (Å²) in [4.78, 5) is 23.3. The number of H-pyrrole nitrogens is 1. The van der Waals surface area contributed by atoms with Crippen molar-refractivity contribution in [2.75, 3.05) is 0 Å². The van der Waals surface area contributed by atoms with E-state index in [-0.39, 0.29) is 5.91 Å². The molecule has 120 valence electrons. The van der Waals surface area contributed by atoms with Crippen molar-refractivity contribution in [3.63, 3.8) is 0 Å². The quantitative estimate of drug-likeness (QED) is 0.708. The largest absolute Gasteiger partial charge is 0.438 e. The molecule has 0 radical (unpaired) electrons. The molecule has 0 bridgehead atoms. The zero-order valence-corrected chi connectivity index (χ0v) is 12.9. The number of amides is 1. The van der Waals surface area contributed by atoms with E-state index in [4.69, 9.17) is 4.74 Å². The van der Waals surface area contributed by atoms with Gasteiger partial charge in [-0.1, -0.05) is 18.2 Å². The monoisotopic (exact) mass is 320 g/mol. The number of rotatable bonds is 5. The normalized spacial score (nSPS) is 14.2. The lowest BCUT2D eigenvalue weighted by molar-refractivity contribution is -0.116. The Hall–Kier alpha value is -3.15. The fourth-order valence-corrected chi connectivity index (χ4v) is 2.41. The van der Waals surface area contributed by atoms with Gasteiger partial charge in [0.05, 0.1) is 5.39 Å². The Morgan fingerprint density at radius 3 is 2.88 bits per heavy atom. The van der Waals surface area contributed by atoms with Gasteiger partial charge in [0.1, 0.15) is 17.7 Å². The first-order valence-electron chi connectivity index (χ1n) is 7.83. The van der Waals surface area contributed by atoms with Crippen LogP contribution in [0, 0.1) is 0 Å². The first kappa shape index (κ1) is 14.4. The third kappa shape index (κ3) is 3.12. The van der Waals surface area contributed by atoms with E-state index in [1.165, 1.54) is 12.4 Å². The van der Waals surface area contributed by atoms with Crippen LogP contribution in [0.3, 0.4) is 0 Å². The number of carbonyl (C=O) groups is 1. The van der Waals surface area contributed by atoms with Crippen LogP contribution >= 0.6 is 0 Å². The van der Waals surface area contributed by atoms with Crippen molar-refractivity contribution in [3.8, 4) is 11.6 Å². The highest BCUT2D eigenvalue weighted by molar-refractivity contribution is 5.97. The van der Waals surface area contributed by atoms with E-state index in [0.717, 1.165) is 23.8 Å². The number of ether oxygens (including phenoxy) is 1. The van der Waals surface area contributed by atoms with Crippen molar-refractivity contribution >= 4 is 23.0 Å². The van der Waals surface area contributed by atoms with Gasteiger partial charge in [0, 0.05) is 23.9 Å². The molecule has 2 heterocycles. The number of aromatic nitrogens is 3. The van der Waals surface area contributed by atoms with E-state index in [2.05, 4.69) is 20.3 Å². The Bertz CT molecular complexity index is 898. The number of nitrogens with zero attached hydrogens (tertiary/aromatic N) is 2. The third-order valence-corrected chi connectivity index (χ3v) is 3.76. The standard InChI is InChI=1S/C18H16N4O2/c23-15(22-13-7-8-13)9-6-12-10-19-17-16(12)18(21-11-20-17)24-14-4-2-1-3-5-14/h1-6,9-11,13H,7-8H2,(H,22,23)(H,19,20,21)/b9-6+. The van der Waals surface area contributed by atoms with Crippen LogP contribution in [0.15, 0.2) is 48.9 Å². The Morgan fingerprint density at radius 2 is 2.08 bits per heavy atom. The fraction of sp³-hybridized carbons (Fsp3) is 0.167. The minimum Gasteiger partial charge on any atom is -0.438 e. The molecule has 3 aromatic rings. The molecule has 0 atom stereocenters. The molecular formula is C18H16N4O2. The number of fused-ring (bicyclic) bond motifs is 1. The average Bonchev–Trinajstić information content (AvgIpc) is 3.31. The molecule has 0 saturated heterocycles. The molecule has 2 N–H and O–H groups in total. The van der Waals surface area contributed by atoms with Crippen LogP contribution in [-0.2, 0) is 4.79 Å². The van der Waals surface area contributed by atoms with Crippen LogP contribution in [0.25, 0.3) is 17.1 Å². The number of para-hydroxylation sites is 1. The van der Waals surface area contributed by atoms with Gasteiger partial charge in [-0.05, 0) is 31.1 Å². The second-order valence-corrected chi connectivity index (χ2v) is 5.68. The summed E-state index contributed by atoms with van der Waals surface area (Å²) in [6.45, 7) is 0. The van der Waals surface area contributed by atoms with Gasteiger partial charge in [-0.2, -0.15) is 0 Å². The highest BCUT2D eigenvalue weighted by Crippen LogP contribution is 2.29. The van der Waals surface area contributed by atoms with E-state index in [1.54, 1.807) is 12.3 Å². The first-order chi connectivity index (χ1) is 11.8. The molecule has 1 saturated carbocycles. The lowest BCUT2D eigenvalue weighted by atomic mass is 10.2. The maximum atomic E-state index is 11.8. The number of hydrogen-bond donors (Lipinski definition) is 2. The Balaban J connectivity index is 1.63. The molecule has 2 aromatic heterocycles. The van der Waals surface area contributed by atoms with Gasteiger partial charge in [-0.3, -0.25) is 4.79 Å². The van der Waals surface area contributed by atoms with Crippen molar-refractivity contribution in [3.05, 3.63) is 54.5 Å². The molecule has 1 aliphatic rings. The molecule has 0 aliphatic heterocycles. The summed E-state index contributed by atoms with van der Waals surface area (Å²) < 4.78 is 5.87. The topological polar surface area (TPSA) is 79.9 Å². The van der Waals surface area contributed by atoms with Crippen molar-refractivity contribution in [1.29, 1.82) is 0 Å². The van der Waals surface area contributed by atoms with Crippen LogP contribution < -0.4 is 10.1 Å². The first-order valence-corrected chi connectivity index (χ1v) is 7.83. The second-order valence-electron chi connectivity index (χ2n) is 5.68. The minimum absolute atomic E-state index is 0.0887. The predicted octanol–water partition coefficient (Wildman–Crippen LogP) is 3.04. The van der Waals surface area contributed by atoms with Crippen molar-refractivity contribution in [2.45, 2.75) is 18.9 Å². The molecular weight excluding hydrogens is 304 g/mol. The summed E-state index contributed by atoms with van der Waals surface area (Å²) in [5.74, 6) is 1.06. The average molecular weight is 320 g/mol. The summed E-state index contributed by atoms with van der Waals surface area (Å²) in [5, 5.41) is 3.67. The predicted molar refractivity (Wildman–Crippen MR) is 90.6 cm³/mol. The van der Waals surface area contributed by atoms with Crippen molar-refractivity contribution < 1.29 is 9.53 Å². The van der Waals surface area contributed by atoms with E-state index in [9.17, 15) is 4.79 Å². The number of aromatic amines is 1. The molecule has 1 aliphatic carbocycles. The van der Waals surface area contributed by atoms with E-state index >= 15 is 0 Å². The summed E-state index contributed by atoms with van der Waals surface area (Å²) >= 11 is 0. The zero-order valence-electron chi connectivity index (χ0n) is 12.9. The molecule has 1 amide bonds. The number of carbonyl (C=O) groups excluding carboxylic acids is 1. The maximum absolute atomic E-state index is 11.8. The summed E-state index contributed by atoms with van der Waals surface area (Å²) in [6, 6.07) is 9.77. The van der Waals surface area contributed by atoms with Gasteiger partial charge < -0.3 is 15.0 Å². The van der Waals surface area contributed by atoms with Gasteiger partial charge in [0.15, 0.2) is 0 Å². The van der Waals surface area contributed by atoms with Crippen LogP contribution in [0.5, 0.6) is 11.6 Å². The van der Waals surface area contributed by atoms with E-state index in [1.807, 2.05) is 30.3 Å². The molecule has 1 fully saturated rings. The minimum atomic E-state index is -0.0887. The fourth-order valence-electron chi connectivity index (χ4n) is 2.41. The van der Waals surface area contributed by atoms with E-state index < -0.39 is 0 Å². The summed E-state index contributed by atoms with van der Waals surface area (Å²) in [7, 11) is 0. The SMILES string of the molecule is O=C(/C=C/c1c[nH]c2ncnc(Oc3ccccc3)c12)NC1CC1. The Labute approximate surface area is 138 Å². The van der Waals surface area contributed by atoms with Crippen molar-refractivity contribution in [1.82, 2.24) is 20.3 Å². The molecule has 6 heteroatoms. The van der Waals surface area contributed by atoms with Crippen LogP contribution in [-0.4, -0.2) is 26.9 Å². The summed E-state index contributed by atoms with van der Waals surface area (Å²) in [6.07, 6.45) is 8.64. The number of hydrogen-bond acceptors (Lipinski definition) is 4. The second kappa shape index (κ2) is 6.16. The highest BCUT2D eigenvalue weighted by Gasteiger charge is 2.22. The van der Waals surface area contributed by atoms with E-state index in [0.29, 0.717) is 23.3 Å². The van der Waals surface area contributed by atoms with Gasteiger partial charge in [0.2, 0.25) is 11.8 Å². The molecule has 6 nitrogen and oxygen atoms in total. The van der Waals surface area contributed by atoms with Crippen LogP contribution in [0.4, 0.5) is 0 Å². The number of benzene rings is 1. The molecule has 0 unspecified atom stereocenters. The smallest absolute Gasteiger partial charge is 0.244 e. The zero-order chi connectivity index (χ0) is 16.4. The van der Waals surface area contributed by atoms with Gasteiger partial charge in [0.25, 0.3) is 0 Å². The van der Waals surface area contributed by atoms with Crippen LogP contribution in [0.2, 0.25) is 0 Å². The van der Waals surface area contributed by atoms with Gasteiger partial charge in [-0.15, -0.1) is 0 Å². The van der Waals surface area contributed by atoms with Gasteiger partial charge >= 0.3 is 0 Å². The molecule has 1 aromatic carbocycles. The number of nitrogens with one attached hydrogen (secondary N) is 2. The highest BCUT2D eigenvalue weighted by atomic mass is 16.5.